The molecule has 490 valence electrons. The Bertz CT molecular complexity index is 3850. The summed E-state index contributed by atoms with van der Waals surface area (Å²) in [5.74, 6) is 15.1. The number of benzene rings is 8. The fourth-order valence-corrected chi connectivity index (χ4v) is 12.5. The second-order valence-corrected chi connectivity index (χ2v) is 32.4. The number of phenols is 4. The quantitative estimate of drug-likeness (QED) is 0.111. The molecule has 4 N–H and O–H groups in total. The van der Waals surface area contributed by atoms with Gasteiger partial charge in [-0.1, -0.05) is 222 Å². The molecule has 11 rings (SSSR count). The Labute approximate surface area is 560 Å². The van der Waals surface area contributed by atoms with Crippen molar-refractivity contribution in [3.63, 3.8) is 0 Å². The van der Waals surface area contributed by atoms with E-state index in [9.17, 15) is 20.4 Å². The van der Waals surface area contributed by atoms with Gasteiger partial charge in [0, 0.05) is 38.5 Å². The molecule has 0 radical (unpaired) electrons. The molecule has 8 nitrogen and oxygen atoms in total. The van der Waals surface area contributed by atoms with Gasteiger partial charge in [0.25, 0.3) is 0 Å². The van der Waals surface area contributed by atoms with Crippen LogP contribution in [0.2, 0.25) is 0 Å². The van der Waals surface area contributed by atoms with Crippen molar-refractivity contribution >= 4 is 0 Å². The third kappa shape index (κ3) is 15.9. The lowest BCUT2D eigenvalue weighted by atomic mass is 9.79. The molecule has 3 aliphatic rings. The second-order valence-electron chi connectivity index (χ2n) is 32.4. The van der Waals surface area contributed by atoms with Crippen LogP contribution in [0.25, 0.3) is 0 Å². The van der Waals surface area contributed by atoms with Gasteiger partial charge in [0.2, 0.25) is 0 Å². The number of phenolic OH excluding ortho intramolecular Hbond substituents is 4. The Morgan fingerprint density at radius 2 is 0.489 bits per heavy atom. The smallest absolute Gasteiger partial charge is 0.150 e. The maximum atomic E-state index is 13.1. The monoisotopic (exact) mass is 1260 g/mol. The molecule has 0 aromatic heterocycles. The molecule has 0 saturated heterocycles. The highest BCUT2D eigenvalue weighted by Gasteiger charge is 2.31. The van der Waals surface area contributed by atoms with Crippen LogP contribution >= 0.6 is 0 Å². The van der Waals surface area contributed by atoms with E-state index in [1.807, 2.05) is 48.5 Å². The maximum absolute atomic E-state index is 13.1. The Kier molecular flexibility index (Phi) is 19.0. The predicted molar refractivity (Wildman–Crippen MR) is 382 cm³/mol. The van der Waals surface area contributed by atoms with E-state index >= 15 is 0 Å². The van der Waals surface area contributed by atoms with E-state index in [0.717, 1.165) is 89.0 Å². The van der Waals surface area contributed by atoms with Gasteiger partial charge in [0.1, 0.15) is 72.4 Å². The summed E-state index contributed by atoms with van der Waals surface area (Å²) >= 11 is 0. The van der Waals surface area contributed by atoms with Crippen LogP contribution in [0.3, 0.4) is 0 Å². The van der Waals surface area contributed by atoms with Crippen LogP contribution in [0.15, 0.2) is 121 Å². The van der Waals surface area contributed by atoms with Crippen LogP contribution in [-0.4, -0.2) is 33.6 Å². The van der Waals surface area contributed by atoms with Gasteiger partial charge in [-0.3, -0.25) is 0 Å². The van der Waals surface area contributed by atoms with Crippen LogP contribution in [0.1, 0.15) is 236 Å². The first-order valence-electron chi connectivity index (χ1n) is 33.3. The van der Waals surface area contributed by atoms with Crippen molar-refractivity contribution in [2.24, 2.45) is 0 Å². The fraction of sp³-hybridized carbons (Fsp3) is 0.395. The normalized spacial score (nSPS) is 14.4. The van der Waals surface area contributed by atoms with Gasteiger partial charge in [-0.2, -0.15) is 0 Å². The second kappa shape index (κ2) is 26.2. The molecule has 94 heavy (non-hydrogen) atoms. The van der Waals surface area contributed by atoms with Gasteiger partial charge in [-0.25, -0.2) is 0 Å². The summed E-state index contributed by atoms with van der Waals surface area (Å²) in [6.45, 7) is 40.2. The van der Waals surface area contributed by atoms with Crippen LogP contribution in [-0.2, 0) is 84.2 Å². The lowest BCUT2D eigenvalue weighted by molar-refractivity contribution is 0.298. The van der Waals surface area contributed by atoms with Crippen LogP contribution in [0, 0.1) is 23.7 Å². The SMILES string of the molecule is CC(C)(C)c1cc2c(O)c(c1)Cc1cc(C(C)(C)C)cc3c1OCc1cccc(c1)OCC#CC#CCOc1cccc(c1)COc1c(cc(C(C)(C)C)cc1Cc1cc(C(C)(C)C)cc(c1O)Cc1cc(C(C)(C)C)cc(c1O)C3)Cc1cc(C(C)(C)C)cc(c1O)C2. The van der Waals surface area contributed by atoms with Gasteiger partial charge in [0.15, 0.2) is 0 Å². The first-order chi connectivity index (χ1) is 44.0. The van der Waals surface area contributed by atoms with Crippen LogP contribution in [0.4, 0.5) is 0 Å². The topological polar surface area (TPSA) is 118 Å². The van der Waals surface area contributed by atoms with Crippen molar-refractivity contribution in [2.75, 3.05) is 13.2 Å². The van der Waals surface area contributed by atoms with Crippen LogP contribution < -0.4 is 18.9 Å². The zero-order chi connectivity index (χ0) is 68.0. The number of aromatic hydroxyl groups is 4. The summed E-state index contributed by atoms with van der Waals surface area (Å²) < 4.78 is 26.9. The average Bonchev–Trinajstić information content (AvgIpc) is 0.777. The Morgan fingerprint density at radius 1 is 0.277 bits per heavy atom. The highest BCUT2D eigenvalue weighted by Crippen LogP contribution is 2.46. The van der Waals surface area contributed by atoms with Crippen LogP contribution in [0.5, 0.6) is 46.0 Å². The molecule has 2 aliphatic heterocycles. The summed E-state index contributed by atoms with van der Waals surface area (Å²) in [6, 6.07) is 41.6. The molecule has 8 aromatic carbocycles. The molecule has 2 heterocycles. The van der Waals surface area contributed by atoms with Crippen molar-refractivity contribution < 1.29 is 39.4 Å². The molecule has 18 bridgehead atoms. The lowest BCUT2D eigenvalue weighted by Gasteiger charge is -2.28. The zero-order valence-electron chi connectivity index (χ0n) is 59.0. The zero-order valence-corrected chi connectivity index (χ0v) is 59.0. The number of rotatable bonds is 0. The number of hydrogen-bond donors (Lipinski definition) is 4. The Morgan fingerprint density at radius 3 is 0.713 bits per heavy atom. The summed E-state index contributed by atoms with van der Waals surface area (Å²) in [5, 5.41) is 52.5. The standard InChI is InChI=1S/C86H98O8/c1-81(2,3)67-39-55-33-56-40-68(82(4,5)6)44-60(76(56)88)36-65-49-72(86(16,17)18)50-66-38-62-46-70(84(10,11)12)42-58(78(62)90)34-57-41-69(83(7,8)9)45-61(77(57)89)37-64-48-71(85(13,14)15)47-63(35-59(43-67)75(55)87)79(64)93-51-53-25-23-27-73(31-53)91-29-21-19-20-22-30-92-74-28-24-26-54(32-74)52-94-80(65)66/h23-28,31-32,39-50,87-90H,29-30,33-38,51-52H2,1-18H3. The molecular weight excluding hydrogens is 1160 g/mol. The number of hydrogen-bond acceptors (Lipinski definition) is 8. The van der Waals surface area contributed by atoms with E-state index in [0.29, 0.717) is 70.9 Å². The summed E-state index contributed by atoms with van der Waals surface area (Å²) in [7, 11) is 0. The van der Waals surface area contributed by atoms with E-state index in [2.05, 4.69) is 221 Å². The first-order valence-corrected chi connectivity index (χ1v) is 33.3. The van der Waals surface area contributed by atoms with Gasteiger partial charge in [-0.05, 0) is 192 Å². The largest absolute Gasteiger partial charge is 0.507 e. The van der Waals surface area contributed by atoms with Crippen molar-refractivity contribution in [3.8, 4) is 69.7 Å². The highest BCUT2D eigenvalue weighted by atomic mass is 16.5. The van der Waals surface area contributed by atoms with Gasteiger partial charge in [-0.15, -0.1) is 0 Å². The minimum Gasteiger partial charge on any atom is -0.507 e. The summed E-state index contributed by atoms with van der Waals surface area (Å²) in [5.41, 5.74) is 15.2. The maximum Gasteiger partial charge on any atom is 0.150 e. The van der Waals surface area contributed by atoms with E-state index in [4.69, 9.17) is 18.9 Å². The molecular formula is C86H98O8. The van der Waals surface area contributed by atoms with Gasteiger partial charge in [0.05, 0.1) is 0 Å². The van der Waals surface area contributed by atoms with Gasteiger partial charge >= 0.3 is 0 Å². The molecule has 0 saturated carbocycles. The lowest BCUT2D eigenvalue weighted by Crippen LogP contribution is -2.16. The van der Waals surface area contributed by atoms with Gasteiger partial charge < -0.3 is 39.4 Å². The molecule has 1 aliphatic carbocycles. The minimum atomic E-state index is -0.334. The molecule has 8 heteroatoms. The Hall–Kier alpha value is -8.72. The molecule has 8 aromatic rings. The Balaban J connectivity index is 1.32. The number of ether oxygens (including phenoxy) is 4. The van der Waals surface area contributed by atoms with Crippen molar-refractivity contribution in [3.05, 3.63) is 233 Å². The average molecular weight is 1260 g/mol. The van der Waals surface area contributed by atoms with Crippen molar-refractivity contribution in [1.29, 1.82) is 0 Å². The third-order valence-corrected chi connectivity index (χ3v) is 18.5. The minimum absolute atomic E-state index is 0.121. The molecule has 0 unspecified atom stereocenters. The van der Waals surface area contributed by atoms with E-state index in [1.165, 1.54) is 0 Å². The van der Waals surface area contributed by atoms with E-state index in [1.54, 1.807) is 0 Å². The summed E-state index contributed by atoms with van der Waals surface area (Å²) in [4.78, 5) is 0. The first kappa shape index (κ1) is 68.1. The summed E-state index contributed by atoms with van der Waals surface area (Å²) in [6.07, 6.45) is 1.69. The number of fused-ring (bicyclic) bond motifs is 7. The highest BCUT2D eigenvalue weighted by molar-refractivity contribution is 5.61. The molecule has 0 fully saturated rings. The fourth-order valence-electron chi connectivity index (χ4n) is 12.5. The molecule has 0 spiro atoms. The van der Waals surface area contributed by atoms with E-state index in [-0.39, 0.29) is 94.8 Å². The third-order valence-electron chi connectivity index (χ3n) is 18.5. The van der Waals surface area contributed by atoms with Crippen molar-refractivity contribution in [1.82, 2.24) is 0 Å². The molecule has 0 atom stereocenters. The van der Waals surface area contributed by atoms with E-state index < -0.39 is 0 Å². The van der Waals surface area contributed by atoms with Crippen molar-refractivity contribution in [2.45, 2.75) is 209 Å². The predicted octanol–water partition coefficient (Wildman–Crippen LogP) is 19.1. The molecule has 0 amide bonds.